The molecule has 0 spiro atoms. The zero-order valence-electron chi connectivity index (χ0n) is 23.0. The average molecular weight is 545 g/mol. The maximum absolute atomic E-state index is 12.1. The molecule has 0 aromatic heterocycles. The van der Waals surface area contributed by atoms with E-state index in [0.29, 0.717) is 105 Å². The van der Waals surface area contributed by atoms with Crippen molar-refractivity contribution in [2.75, 3.05) is 118 Å². The fourth-order valence-electron chi connectivity index (χ4n) is 2.92. The third-order valence-corrected chi connectivity index (χ3v) is 4.94. The van der Waals surface area contributed by atoms with Crippen LogP contribution in [-0.4, -0.2) is 118 Å². The van der Waals surface area contributed by atoms with Crippen molar-refractivity contribution in [3.05, 3.63) is 29.8 Å². The molecule has 0 atom stereocenters. The quantitative estimate of drug-likeness (QED) is 0.119. The molecule has 1 aromatic carbocycles. The topological polar surface area (TPSA) is 129 Å². The van der Waals surface area contributed by atoms with E-state index >= 15 is 0 Å². The minimum absolute atomic E-state index is 0.197. The van der Waals surface area contributed by atoms with Gasteiger partial charge in [-0.15, -0.1) is 0 Å². The minimum atomic E-state index is -0.357. The maximum Gasteiger partial charge on any atom is 0.338 e. The molecule has 0 saturated carbocycles. The first kappa shape index (κ1) is 34.2. The largest absolute Gasteiger partial charge is 0.460 e. The molecule has 1 aromatic rings. The maximum atomic E-state index is 12.1. The van der Waals surface area contributed by atoms with Crippen LogP contribution < -0.4 is 11.1 Å². The number of nitrogens with one attached hydrogen (secondary N) is 1. The molecule has 0 aliphatic rings. The number of hydrogen-bond donors (Lipinski definition) is 2. The molecule has 0 unspecified atom stereocenters. The summed E-state index contributed by atoms with van der Waals surface area (Å²) in [5.41, 5.74) is 6.84. The third-order valence-electron chi connectivity index (χ3n) is 4.94. The molecule has 38 heavy (non-hydrogen) atoms. The lowest BCUT2D eigenvalue weighted by Crippen LogP contribution is -2.15. The highest BCUT2D eigenvalue weighted by molar-refractivity contribution is 5.89. The van der Waals surface area contributed by atoms with Crippen molar-refractivity contribution >= 4 is 11.7 Å². The van der Waals surface area contributed by atoms with Crippen molar-refractivity contribution < 1.29 is 42.7 Å². The van der Waals surface area contributed by atoms with Crippen molar-refractivity contribution in [2.24, 2.45) is 5.73 Å². The van der Waals surface area contributed by atoms with Crippen LogP contribution in [0.25, 0.3) is 0 Å². The number of benzene rings is 1. The van der Waals surface area contributed by atoms with Crippen LogP contribution >= 0.6 is 0 Å². The van der Waals surface area contributed by atoms with Gasteiger partial charge in [0.05, 0.1) is 98.1 Å². The highest BCUT2D eigenvalue weighted by Crippen LogP contribution is 2.10. The molecule has 1 rings (SSSR count). The number of esters is 1. The summed E-state index contributed by atoms with van der Waals surface area (Å²) in [6.45, 7) is 10.6. The first-order chi connectivity index (χ1) is 18.8. The Labute approximate surface area is 227 Å². The molecule has 0 fully saturated rings. The number of nitrogens with two attached hydrogens (primary N) is 1. The highest BCUT2D eigenvalue weighted by atomic mass is 16.6. The summed E-state index contributed by atoms with van der Waals surface area (Å²) in [6, 6.07) is 7.29. The van der Waals surface area contributed by atoms with E-state index in [0.717, 1.165) is 25.1 Å². The first-order valence-electron chi connectivity index (χ1n) is 13.5. The molecule has 0 saturated heterocycles. The van der Waals surface area contributed by atoms with Crippen molar-refractivity contribution in [1.29, 1.82) is 0 Å². The first-order valence-corrected chi connectivity index (χ1v) is 13.5. The molecule has 3 N–H and O–H groups in total. The summed E-state index contributed by atoms with van der Waals surface area (Å²) in [5.74, 6) is -0.357. The highest BCUT2D eigenvalue weighted by Gasteiger charge is 2.06. The molecule has 0 amide bonds. The number of hydrogen-bond acceptors (Lipinski definition) is 11. The number of anilines is 1. The van der Waals surface area contributed by atoms with Gasteiger partial charge in [-0.3, -0.25) is 0 Å². The van der Waals surface area contributed by atoms with Crippen molar-refractivity contribution in [3.8, 4) is 0 Å². The van der Waals surface area contributed by atoms with Gasteiger partial charge in [0, 0.05) is 18.8 Å². The zero-order chi connectivity index (χ0) is 27.4. The monoisotopic (exact) mass is 544 g/mol. The molecule has 11 heteroatoms. The molecule has 11 nitrogen and oxygen atoms in total. The van der Waals surface area contributed by atoms with Crippen molar-refractivity contribution in [3.63, 3.8) is 0 Å². The molecule has 0 aliphatic heterocycles. The summed E-state index contributed by atoms with van der Waals surface area (Å²) in [5, 5.41) is 3.31. The van der Waals surface area contributed by atoms with Gasteiger partial charge < -0.3 is 48.9 Å². The van der Waals surface area contributed by atoms with Crippen molar-refractivity contribution in [1.82, 2.24) is 0 Å². The van der Waals surface area contributed by atoms with E-state index < -0.39 is 0 Å². The number of carbonyl (C=O) groups excluding carboxylic acids is 1. The average Bonchev–Trinajstić information content (AvgIpc) is 2.94. The summed E-state index contributed by atoms with van der Waals surface area (Å²) < 4.78 is 42.9. The third kappa shape index (κ3) is 21.1. The fraction of sp³-hybridized carbons (Fsp3) is 0.741. The van der Waals surface area contributed by atoms with Crippen LogP contribution in [0.5, 0.6) is 0 Å². The zero-order valence-corrected chi connectivity index (χ0v) is 23.0. The summed E-state index contributed by atoms with van der Waals surface area (Å²) in [6.07, 6.45) is 2.25. The van der Waals surface area contributed by atoms with Gasteiger partial charge in [-0.2, -0.15) is 0 Å². The molecule has 220 valence electrons. The second-order valence-electron chi connectivity index (χ2n) is 8.07. The predicted molar refractivity (Wildman–Crippen MR) is 145 cm³/mol. The number of carbonyl (C=O) groups is 1. The summed E-state index contributed by atoms with van der Waals surface area (Å²) in [4.78, 5) is 12.1. The fourth-order valence-corrected chi connectivity index (χ4v) is 2.92. The number of unbranched alkanes of at least 4 members (excludes halogenated alkanes) is 1. The summed E-state index contributed by atoms with van der Waals surface area (Å²) in [7, 11) is 0. The second kappa shape index (κ2) is 26.8. The number of ether oxygens (including phenoxy) is 8. The minimum Gasteiger partial charge on any atom is -0.460 e. The van der Waals surface area contributed by atoms with Gasteiger partial charge in [-0.25, -0.2) is 4.79 Å². The van der Waals surface area contributed by atoms with Crippen LogP contribution in [0, 0.1) is 0 Å². The molecule has 0 bridgehead atoms. The van der Waals surface area contributed by atoms with Crippen LogP contribution in [-0.2, 0) is 37.9 Å². The molecule has 0 heterocycles. The molecular weight excluding hydrogens is 496 g/mol. The van der Waals surface area contributed by atoms with Gasteiger partial charge in [0.25, 0.3) is 0 Å². The van der Waals surface area contributed by atoms with E-state index in [9.17, 15) is 4.79 Å². The standard InChI is InChI=1S/C27H48N2O9/c1-2-3-9-29-26-6-4-25(5-7-26)27(30)38-24-23-37-22-21-36-20-19-35-18-17-34-16-15-33-14-13-32-12-11-31-10-8-28/h4-7,29H,2-3,8-24,28H2,1H3. The Morgan fingerprint density at radius 2 is 1.03 bits per heavy atom. The van der Waals surface area contributed by atoms with Crippen LogP contribution in [0.3, 0.4) is 0 Å². The van der Waals surface area contributed by atoms with Crippen LogP contribution in [0.15, 0.2) is 24.3 Å². The number of rotatable bonds is 28. The molecule has 0 aliphatic carbocycles. The van der Waals surface area contributed by atoms with Gasteiger partial charge in [0.1, 0.15) is 6.61 Å². The van der Waals surface area contributed by atoms with Crippen molar-refractivity contribution in [2.45, 2.75) is 19.8 Å². The van der Waals surface area contributed by atoms with E-state index in [1.807, 2.05) is 12.1 Å². The lowest BCUT2D eigenvalue weighted by atomic mass is 10.2. The van der Waals surface area contributed by atoms with Gasteiger partial charge in [-0.1, -0.05) is 13.3 Å². The Morgan fingerprint density at radius 1 is 0.632 bits per heavy atom. The Balaban J connectivity index is 1.78. The Morgan fingerprint density at radius 3 is 1.42 bits per heavy atom. The lowest BCUT2D eigenvalue weighted by Gasteiger charge is -2.09. The van der Waals surface area contributed by atoms with Gasteiger partial charge in [0.15, 0.2) is 0 Å². The van der Waals surface area contributed by atoms with E-state index in [1.165, 1.54) is 0 Å². The molecule has 0 radical (unpaired) electrons. The lowest BCUT2D eigenvalue weighted by molar-refractivity contribution is -0.0220. The van der Waals surface area contributed by atoms with Crippen LogP contribution in [0.2, 0.25) is 0 Å². The van der Waals surface area contributed by atoms with E-state index in [1.54, 1.807) is 12.1 Å². The second-order valence-corrected chi connectivity index (χ2v) is 8.07. The Hall–Kier alpha value is -1.83. The van der Waals surface area contributed by atoms with E-state index in [2.05, 4.69) is 12.2 Å². The van der Waals surface area contributed by atoms with Crippen LogP contribution in [0.1, 0.15) is 30.1 Å². The SMILES string of the molecule is CCCCNc1ccc(C(=O)OCCOCCOCCOCCOCCOCCOCCOCCN)cc1. The predicted octanol–water partition coefficient (Wildman–Crippen LogP) is 2.13. The Kier molecular flexibility index (Phi) is 24.1. The normalized spacial score (nSPS) is 11.1. The summed E-state index contributed by atoms with van der Waals surface area (Å²) >= 11 is 0. The van der Waals surface area contributed by atoms with Crippen LogP contribution in [0.4, 0.5) is 5.69 Å². The van der Waals surface area contributed by atoms with E-state index in [4.69, 9.17) is 43.6 Å². The smallest absolute Gasteiger partial charge is 0.338 e. The van der Waals surface area contributed by atoms with Gasteiger partial charge in [0.2, 0.25) is 0 Å². The molecular formula is C27H48N2O9. The van der Waals surface area contributed by atoms with Gasteiger partial charge >= 0.3 is 5.97 Å². The van der Waals surface area contributed by atoms with Gasteiger partial charge in [-0.05, 0) is 30.7 Å². The Bertz CT molecular complexity index is 650. The van der Waals surface area contributed by atoms with E-state index in [-0.39, 0.29) is 12.6 Å².